The summed E-state index contributed by atoms with van der Waals surface area (Å²) in [4.78, 5) is 23.1. The van der Waals surface area contributed by atoms with Gasteiger partial charge in [-0.25, -0.2) is 0 Å². The number of benzene rings is 1. The molecule has 0 aliphatic heterocycles. The molecule has 1 atom stereocenters. The zero-order valence-electron chi connectivity index (χ0n) is 11.8. The molecule has 0 aromatic heterocycles. The van der Waals surface area contributed by atoms with Crippen LogP contribution in [0.4, 0.5) is 0 Å². The van der Waals surface area contributed by atoms with E-state index in [0.29, 0.717) is 5.56 Å². The van der Waals surface area contributed by atoms with Crippen molar-refractivity contribution in [3.8, 4) is 0 Å². The van der Waals surface area contributed by atoms with Crippen LogP contribution in [0.15, 0.2) is 30.3 Å². The molecule has 1 aromatic carbocycles. The van der Waals surface area contributed by atoms with Gasteiger partial charge < -0.3 is 10.2 Å². The molecule has 1 rings (SSSR count). The highest BCUT2D eigenvalue weighted by Crippen LogP contribution is 2.12. The quantitative estimate of drug-likeness (QED) is 0.627. The number of Topliss-reactive ketones (excluding diaryl/α,β-unsaturated/α-hetero) is 1. The Hall–Kier alpha value is -1.72. The molecular weight excluding hydrogens is 258 g/mol. The summed E-state index contributed by atoms with van der Waals surface area (Å²) in [5, 5.41) is 21.1. The standard InChI is InChI=1S/C15H21NO4/c1-15(2,10-17)16-12(8-9-13(18)19)14(20)11-6-4-3-5-7-11/h3-7,12,16-17H,8-10H2,1-2H3,(H,18,19). The van der Waals surface area contributed by atoms with E-state index in [1.807, 2.05) is 6.07 Å². The summed E-state index contributed by atoms with van der Waals surface area (Å²) < 4.78 is 0. The van der Waals surface area contributed by atoms with E-state index in [-0.39, 0.29) is 25.2 Å². The third-order valence-electron chi connectivity index (χ3n) is 2.98. The van der Waals surface area contributed by atoms with E-state index in [1.54, 1.807) is 38.1 Å². The first-order chi connectivity index (χ1) is 9.35. The molecule has 20 heavy (non-hydrogen) atoms. The van der Waals surface area contributed by atoms with Crippen LogP contribution >= 0.6 is 0 Å². The molecule has 5 nitrogen and oxygen atoms in total. The highest BCUT2D eigenvalue weighted by atomic mass is 16.4. The van der Waals surface area contributed by atoms with Crippen LogP contribution in [0.2, 0.25) is 0 Å². The number of nitrogens with one attached hydrogen (secondary N) is 1. The van der Waals surface area contributed by atoms with Crippen LogP contribution in [0.5, 0.6) is 0 Å². The molecule has 0 aliphatic carbocycles. The van der Waals surface area contributed by atoms with E-state index in [2.05, 4.69) is 5.32 Å². The molecule has 0 saturated carbocycles. The number of carbonyl (C=O) groups excluding carboxylic acids is 1. The summed E-state index contributed by atoms with van der Waals surface area (Å²) in [6, 6.07) is 8.11. The van der Waals surface area contributed by atoms with Crippen LogP contribution in [-0.4, -0.2) is 40.2 Å². The Kier molecular flexibility index (Phi) is 5.85. The monoisotopic (exact) mass is 279 g/mol. The minimum atomic E-state index is -0.945. The number of ketones is 1. The molecule has 1 aromatic rings. The molecule has 5 heteroatoms. The lowest BCUT2D eigenvalue weighted by molar-refractivity contribution is -0.137. The van der Waals surface area contributed by atoms with Crippen molar-refractivity contribution in [1.29, 1.82) is 0 Å². The van der Waals surface area contributed by atoms with Crippen molar-refractivity contribution in [2.45, 2.75) is 38.3 Å². The van der Waals surface area contributed by atoms with Gasteiger partial charge in [-0.05, 0) is 20.3 Å². The van der Waals surface area contributed by atoms with Crippen LogP contribution in [0, 0.1) is 0 Å². The number of aliphatic carboxylic acids is 1. The van der Waals surface area contributed by atoms with Gasteiger partial charge in [0.25, 0.3) is 0 Å². The second kappa shape index (κ2) is 7.17. The van der Waals surface area contributed by atoms with Crippen molar-refractivity contribution < 1.29 is 19.8 Å². The summed E-state index contributed by atoms with van der Waals surface area (Å²) >= 11 is 0. The van der Waals surface area contributed by atoms with E-state index in [9.17, 15) is 14.7 Å². The van der Waals surface area contributed by atoms with E-state index >= 15 is 0 Å². The lowest BCUT2D eigenvalue weighted by Gasteiger charge is -2.29. The summed E-state index contributed by atoms with van der Waals surface area (Å²) in [5.74, 6) is -1.10. The SMILES string of the molecule is CC(C)(CO)NC(CCC(=O)O)C(=O)c1ccccc1. The van der Waals surface area contributed by atoms with Crippen molar-refractivity contribution in [2.24, 2.45) is 0 Å². The number of rotatable bonds is 8. The largest absolute Gasteiger partial charge is 0.481 e. The van der Waals surface area contributed by atoms with Crippen LogP contribution in [-0.2, 0) is 4.79 Å². The first kappa shape index (κ1) is 16.3. The lowest BCUT2D eigenvalue weighted by Crippen LogP contribution is -2.51. The zero-order valence-corrected chi connectivity index (χ0v) is 11.8. The molecule has 3 N–H and O–H groups in total. The van der Waals surface area contributed by atoms with Crippen LogP contribution in [0.1, 0.15) is 37.0 Å². The second-order valence-corrected chi connectivity index (χ2v) is 5.40. The first-order valence-corrected chi connectivity index (χ1v) is 6.55. The summed E-state index contributed by atoms with van der Waals surface area (Å²) in [6.07, 6.45) is 0.0875. The van der Waals surface area contributed by atoms with Crippen LogP contribution < -0.4 is 5.32 Å². The second-order valence-electron chi connectivity index (χ2n) is 5.40. The predicted octanol–water partition coefficient (Wildman–Crippen LogP) is 1.46. The maximum atomic E-state index is 12.4. The first-order valence-electron chi connectivity index (χ1n) is 6.55. The Bertz CT molecular complexity index is 456. The molecule has 0 spiro atoms. The lowest BCUT2D eigenvalue weighted by atomic mass is 9.96. The van der Waals surface area contributed by atoms with Gasteiger partial charge >= 0.3 is 5.97 Å². The number of hydrogen-bond donors (Lipinski definition) is 3. The molecule has 0 fully saturated rings. The Labute approximate surface area is 118 Å². The number of aliphatic hydroxyl groups is 1. The van der Waals surface area contributed by atoms with Crippen molar-refractivity contribution in [1.82, 2.24) is 5.32 Å². The third kappa shape index (κ3) is 5.11. The smallest absolute Gasteiger partial charge is 0.303 e. The van der Waals surface area contributed by atoms with Gasteiger partial charge in [-0.3, -0.25) is 14.9 Å². The summed E-state index contributed by atoms with van der Waals surface area (Å²) in [7, 11) is 0. The average Bonchev–Trinajstić information content (AvgIpc) is 2.43. The number of hydrogen-bond acceptors (Lipinski definition) is 4. The van der Waals surface area contributed by atoms with Crippen molar-refractivity contribution in [3.63, 3.8) is 0 Å². The van der Waals surface area contributed by atoms with Crippen molar-refractivity contribution in [3.05, 3.63) is 35.9 Å². The van der Waals surface area contributed by atoms with Gasteiger partial charge in [0, 0.05) is 17.5 Å². The average molecular weight is 279 g/mol. The fourth-order valence-electron chi connectivity index (χ4n) is 1.86. The summed E-state index contributed by atoms with van der Waals surface area (Å²) in [6.45, 7) is 3.39. The van der Waals surface area contributed by atoms with Crippen molar-refractivity contribution >= 4 is 11.8 Å². The number of carbonyl (C=O) groups is 2. The zero-order chi connectivity index (χ0) is 15.2. The van der Waals surface area contributed by atoms with Gasteiger partial charge in [0.1, 0.15) is 0 Å². The van der Waals surface area contributed by atoms with Crippen molar-refractivity contribution in [2.75, 3.05) is 6.61 Å². The molecule has 110 valence electrons. The number of aliphatic hydroxyl groups excluding tert-OH is 1. The third-order valence-corrected chi connectivity index (χ3v) is 2.98. The topological polar surface area (TPSA) is 86.6 Å². The molecular formula is C15H21NO4. The molecule has 1 unspecified atom stereocenters. The Morgan fingerprint density at radius 2 is 1.85 bits per heavy atom. The molecule has 0 aliphatic rings. The maximum Gasteiger partial charge on any atom is 0.303 e. The van der Waals surface area contributed by atoms with Gasteiger partial charge in [0.05, 0.1) is 12.6 Å². The predicted molar refractivity (Wildman–Crippen MR) is 75.7 cm³/mol. The van der Waals surface area contributed by atoms with E-state index in [4.69, 9.17) is 5.11 Å². The van der Waals surface area contributed by atoms with E-state index in [0.717, 1.165) is 0 Å². The highest BCUT2D eigenvalue weighted by Gasteiger charge is 2.27. The van der Waals surface area contributed by atoms with Gasteiger partial charge in [0.15, 0.2) is 5.78 Å². The number of carboxylic acids is 1. The minimum Gasteiger partial charge on any atom is -0.481 e. The van der Waals surface area contributed by atoms with Crippen LogP contribution in [0.25, 0.3) is 0 Å². The van der Waals surface area contributed by atoms with E-state index in [1.165, 1.54) is 0 Å². The van der Waals surface area contributed by atoms with Gasteiger partial charge in [-0.1, -0.05) is 30.3 Å². The molecule has 0 radical (unpaired) electrons. The highest BCUT2D eigenvalue weighted by molar-refractivity contribution is 6.00. The van der Waals surface area contributed by atoms with Gasteiger partial charge in [-0.15, -0.1) is 0 Å². The molecule has 0 saturated heterocycles. The van der Waals surface area contributed by atoms with E-state index < -0.39 is 17.6 Å². The minimum absolute atomic E-state index is 0.0995. The number of carboxylic acid groups (broad SMARTS) is 1. The van der Waals surface area contributed by atoms with Gasteiger partial charge in [0.2, 0.25) is 0 Å². The Balaban J connectivity index is 2.86. The fourth-order valence-corrected chi connectivity index (χ4v) is 1.86. The Morgan fingerprint density at radius 1 is 1.25 bits per heavy atom. The normalized spacial score (nSPS) is 12.9. The molecule has 0 amide bonds. The summed E-state index contributed by atoms with van der Waals surface area (Å²) in [5.41, 5.74) is -0.114. The van der Waals surface area contributed by atoms with Gasteiger partial charge in [-0.2, -0.15) is 0 Å². The fraction of sp³-hybridized carbons (Fsp3) is 0.467. The molecule has 0 heterocycles. The Morgan fingerprint density at radius 3 is 2.35 bits per heavy atom. The molecule has 0 bridgehead atoms. The maximum absolute atomic E-state index is 12.4. The van der Waals surface area contributed by atoms with Crippen LogP contribution in [0.3, 0.4) is 0 Å².